The molecule has 1 saturated heterocycles. The second kappa shape index (κ2) is 10.8. The molecule has 41 heavy (non-hydrogen) atoms. The van der Waals surface area contributed by atoms with Crippen LogP contribution in [0, 0.1) is 11.6 Å². The fraction of sp³-hybridized carbons (Fsp3) is 0.448. The van der Waals surface area contributed by atoms with E-state index in [1.165, 1.54) is 39.1 Å². The molecule has 0 bridgehead atoms. The number of nitrogens with zero attached hydrogens (tertiary/aromatic N) is 3. The number of likely N-dealkylation sites (tertiary alicyclic amines) is 1. The summed E-state index contributed by atoms with van der Waals surface area (Å²) in [7, 11) is -2.25. The fourth-order valence-corrected chi connectivity index (χ4v) is 6.31. The first-order chi connectivity index (χ1) is 19.2. The van der Waals surface area contributed by atoms with Gasteiger partial charge in [0.25, 0.3) is 0 Å². The topological polar surface area (TPSA) is 67.4 Å². The maximum atomic E-state index is 15.0. The number of halogens is 5. The predicted octanol–water partition coefficient (Wildman–Crippen LogP) is 5.63. The standard InChI is InChI=1S/C29H31F5N4O2S/c1-26(2,3)41(39)37-28(29(32,33)34,21-5-6-23(30)24(31)14-21)25-7-4-19(15-36-25)17-38-12-9-27(10-13-38)22-16-35-11-8-20(22)18-40-27/h4-8,11,14-16,37H,9-10,12-13,17-18H2,1-3H3. The zero-order valence-corrected chi connectivity index (χ0v) is 23.7. The van der Waals surface area contributed by atoms with E-state index in [0.717, 1.165) is 30.0 Å². The van der Waals surface area contributed by atoms with E-state index in [-0.39, 0.29) is 5.60 Å². The number of rotatable bonds is 6. The van der Waals surface area contributed by atoms with Crippen LogP contribution < -0.4 is 4.72 Å². The molecule has 2 atom stereocenters. The summed E-state index contributed by atoms with van der Waals surface area (Å²) in [6.07, 6.45) is 1.36. The Bertz CT molecular complexity index is 1440. The van der Waals surface area contributed by atoms with Crippen LogP contribution >= 0.6 is 0 Å². The van der Waals surface area contributed by atoms with Crippen LogP contribution in [0.25, 0.3) is 0 Å². The van der Waals surface area contributed by atoms with Crippen LogP contribution in [0.5, 0.6) is 0 Å². The molecule has 12 heteroatoms. The molecule has 0 radical (unpaired) electrons. The molecule has 1 fully saturated rings. The Morgan fingerprint density at radius 2 is 1.76 bits per heavy atom. The molecule has 6 nitrogen and oxygen atoms in total. The summed E-state index contributed by atoms with van der Waals surface area (Å²) in [5.41, 5.74) is -1.77. The Balaban J connectivity index is 1.41. The molecule has 220 valence electrons. The molecule has 2 aromatic heterocycles. The fourth-order valence-electron chi connectivity index (χ4n) is 5.38. The first-order valence-corrected chi connectivity index (χ1v) is 14.4. The van der Waals surface area contributed by atoms with Crippen molar-refractivity contribution in [1.29, 1.82) is 0 Å². The van der Waals surface area contributed by atoms with Crippen LogP contribution in [0.4, 0.5) is 22.0 Å². The number of pyridine rings is 2. The van der Waals surface area contributed by atoms with Gasteiger partial charge in [0.15, 0.2) is 17.2 Å². The predicted molar refractivity (Wildman–Crippen MR) is 144 cm³/mol. The third kappa shape index (κ3) is 5.54. The highest BCUT2D eigenvalue weighted by molar-refractivity contribution is 7.84. The molecule has 2 aliphatic heterocycles. The quantitative estimate of drug-likeness (QED) is 0.375. The minimum Gasteiger partial charge on any atom is -0.365 e. The van der Waals surface area contributed by atoms with Gasteiger partial charge in [0.2, 0.25) is 0 Å². The molecule has 0 aliphatic carbocycles. The summed E-state index contributed by atoms with van der Waals surface area (Å²) in [5, 5.41) is 0. The smallest absolute Gasteiger partial charge is 0.365 e. The normalized spacial score (nSPS) is 19.6. The van der Waals surface area contributed by atoms with E-state index in [1.807, 2.05) is 12.3 Å². The molecule has 2 unspecified atom stereocenters. The van der Waals surface area contributed by atoms with Gasteiger partial charge in [-0.1, -0.05) is 12.1 Å². The lowest BCUT2D eigenvalue weighted by Crippen LogP contribution is -2.58. The van der Waals surface area contributed by atoms with Crippen molar-refractivity contribution in [3.63, 3.8) is 0 Å². The van der Waals surface area contributed by atoms with Gasteiger partial charge in [-0.15, -0.1) is 0 Å². The third-order valence-electron chi connectivity index (χ3n) is 7.76. The molecule has 1 N–H and O–H groups in total. The maximum Gasteiger partial charge on any atom is 0.417 e. The minimum atomic E-state index is -5.11. The zero-order chi connectivity index (χ0) is 29.6. The Labute approximate surface area is 237 Å². The van der Waals surface area contributed by atoms with Crippen molar-refractivity contribution in [2.24, 2.45) is 0 Å². The molecule has 4 heterocycles. The molecule has 3 aromatic rings. The highest BCUT2D eigenvalue weighted by Gasteiger charge is 2.60. The summed E-state index contributed by atoms with van der Waals surface area (Å²) < 4.78 is 93.2. The Morgan fingerprint density at radius 1 is 1.02 bits per heavy atom. The van der Waals surface area contributed by atoms with Crippen LogP contribution in [-0.2, 0) is 40.0 Å². The highest BCUT2D eigenvalue weighted by Crippen LogP contribution is 2.46. The lowest BCUT2D eigenvalue weighted by molar-refractivity contribution is -0.182. The van der Waals surface area contributed by atoms with Crippen molar-refractivity contribution in [3.05, 3.63) is 94.6 Å². The average molecular weight is 595 g/mol. The second-order valence-electron chi connectivity index (χ2n) is 11.5. The van der Waals surface area contributed by atoms with E-state index in [9.17, 15) is 26.2 Å². The summed E-state index contributed by atoms with van der Waals surface area (Å²) >= 11 is 0. The maximum absolute atomic E-state index is 15.0. The molecule has 0 saturated carbocycles. The number of alkyl halides is 3. The molecule has 2 aliphatic rings. The number of aromatic nitrogens is 2. The summed E-state index contributed by atoms with van der Waals surface area (Å²) in [4.78, 5) is 10.6. The van der Waals surface area contributed by atoms with Crippen molar-refractivity contribution < 1.29 is 30.9 Å². The largest absolute Gasteiger partial charge is 0.417 e. The SMILES string of the molecule is CC(C)(C)S(=O)NC(c1ccc(F)c(F)c1)(c1ccc(CN2CCC3(CC2)OCc2ccncc23)cn1)C(F)(F)F. The molecule has 1 spiro atoms. The van der Waals surface area contributed by atoms with Crippen molar-refractivity contribution in [3.8, 4) is 0 Å². The van der Waals surface area contributed by atoms with Gasteiger partial charge in [-0.05, 0) is 74.6 Å². The average Bonchev–Trinajstić information content (AvgIpc) is 3.27. The number of benzene rings is 1. The number of fused-ring (bicyclic) bond motifs is 2. The monoisotopic (exact) mass is 594 g/mol. The number of hydrogen-bond donors (Lipinski definition) is 1. The van der Waals surface area contributed by atoms with Crippen LogP contribution in [0.15, 0.2) is 55.0 Å². The van der Waals surface area contributed by atoms with Gasteiger partial charge in [-0.2, -0.15) is 13.2 Å². The lowest BCUT2D eigenvalue weighted by Gasteiger charge is -2.39. The lowest BCUT2D eigenvalue weighted by atomic mass is 9.84. The van der Waals surface area contributed by atoms with Gasteiger partial charge >= 0.3 is 6.18 Å². The van der Waals surface area contributed by atoms with E-state index in [4.69, 9.17) is 4.74 Å². The van der Waals surface area contributed by atoms with Crippen molar-refractivity contribution >= 4 is 11.0 Å². The van der Waals surface area contributed by atoms with E-state index in [0.29, 0.717) is 43.9 Å². The van der Waals surface area contributed by atoms with E-state index < -0.39 is 50.3 Å². The van der Waals surface area contributed by atoms with Crippen LogP contribution in [0.3, 0.4) is 0 Å². The Hall–Kier alpha value is -2.80. The van der Waals surface area contributed by atoms with Crippen LogP contribution in [-0.4, -0.2) is 43.1 Å². The number of piperidine rings is 1. The second-order valence-corrected chi connectivity index (χ2v) is 13.5. The van der Waals surface area contributed by atoms with Gasteiger partial charge in [0.05, 0.1) is 33.6 Å². The minimum absolute atomic E-state index is 0.368. The van der Waals surface area contributed by atoms with Crippen molar-refractivity contribution in [2.45, 2.75) is 68.8 Å². The third-order valence-corrected chi connectivity index (χ3v) is 9.37. The first kappa shape index (κ1) is 29.7. The van der Waals surface area contributed by atoms with Crippen molar-refractivity contribution in [2.75, 3.05) is 13.1 Å². The first-order valence-electron chi connectivity index (χ1n) is 13.2. The molecule has 0 amide bonds. The zero-order valence-electron chi connectivity index (χ0n) is 22.9. The van der Waals surface area contributed by atoms with Crippen LogP contribution in [0.1, 0.15) is 61.6 Å². The number of nitrogens with one attached hydrogen (secondary N) is 1. The highest BCUT2D eigenvalue weighted by atomic mass is 32.2. The molecular formula is C29H31F5N4O2S. The Morgan fingerprint density at radius 3 is 2.37 bits per heavy atom. The van der Waals surface area contributed by atoms with E-state index in [2.05, 4.69) is 19.6 Å². The van der Waals surface area contributed by atoms with E-state index >= 15 is 0 Å². The van der Waals surface area contributed by atoms with Gasteiger partial charge in [0, 0.05) is 43.8 Å². The van der Waals surface area contributed by atoms with Crippen molar-refractivity contribution in [1.82, 2.24) is 19.6 Å². The molecule has 1 aromatic carbocycles. The number of ether oxygens (including phenoxy) is 1. The molecular weight excluding hydrogens is 563 g/mol. The van der Waals surface area contributed by atoms with Gasteiger partial charge in [0.1, 0.15) is 0 Å². The molecule has 5 rings (SSSR count). The Kier molecular flexibility index (Phi) is 7.82. The van der Waals surface area contributed by atoms with Gasteiger partial charge in [-0.3, -0.25) is 14.9 Å². The van der Waals surface area contributed by atoms with E-state index in [1.54, 1.807) is 6.20 Å². The summed E-state index contributed by atoms with van der Waals surface area (Å²) in [6, 6.07) is 6.61. The van der Waals surface area contributed by atoms with Gasteiger partial charge in [-0.25, -0.2) is 17.7 Å². The van der Waals surface area contributed by atoms with Crippen LogP contribution in [0.2, 0.25) is 0 Å². The summed E-state index contributed by atoms with van der Waals surface area (Å²) in [6.45, 7) is 6.95. The van der Waals surface area contributed by atoms with Gasteiger partial charge < -0.3 is 4.74 Å². The summed E-state index contributed by atoms with van der Waals surface area (Å²) in [5.74, 6) is -2.75. The number of hydrogen-bond acceptors (Lipinski definition) is 5.